The Morgan fingerprint density at radius 2 is 1.86 bits per heavy atom. The summed E-state index contributed by atoms with van der Waals surface area (Å²) in [7, 11) is 0. The highest BCUT2D eigenvalue weighted by molar-refractivity contribution is 7.99. The van der Waals surface area contributed by atoms with Gasteiger partial charge in [0.1, 0.15) is 5.82 Å². The van der Waals surface area contributed by atoms with E-state index in [0.29, 0.717) is 10.2 Å². The van der Waals surface area contributed by atoms with E-state index in [1.165, 1.54) is 11.8 Å². The number of para-hydroxylation sites is 1. The maximum Gasteiger partial charge on any atom is 0.230 e. The van der Waals surface area contributed by atoms with Gasteiger partial charge in [0.15, 0.2) is 5.16 Å². The normalized spacial score (nSPS) is 12.0. The lowest BCUT2D eigenvalue weighted by Gasteiger charge is -2.17. The number of carbonyl (C=O) groups is 1. The summed E-state index contributed by atoms with van der Waals surface area (Å²) in [6, 6.07) is 15.6. The first kappa shape index (κ1) is 20.4. The molecule has 2 aromatic carbocycles. The Bertz CT molecular complexity index is 955. The smallest absolute Gasteiger partial charge is 0.230 e. The molecule has 1 amide bonds. The molecule has 1 unspecified atom stereocenters. The highest BCUT2D eigenvalue weighted by atomic mass is 35.5. The monoisotopic (exact) mass is 414 g/mol. The molecule has 0 aliphatic carbocycles. The molecular formula is C21H23ClN4OS. The van der Waals surface area contributed by atoms with Crippen molar-refractivity contribution in [3.05, 3.63) is 70.5 Å². The summed E-state index contributed by atoms with van der Waals surface area (Å²) >= 11 is 7.34. The van der Waals surface area contributed by atoms with Crippen molar-refractivity contribution in [1.82, 2.24) is 20.1 Å². The van der Waals surface area contributed by atoms with Crippen LogP contribution in [0.2, 0.25) is 5.02 Å². The molecule has 1 aromatic heterocycles. The van der Waals surface area contributed by atoms with Crippen molar-refractivity contribution in [2.24, 2.45) is 0 Å². The zero-order valence-corrected chi connectivity index (χ0v) is 17.7. The van der Waals surface area contributed by atoms with Gasteiger partial charge in [0.2, 0.25) is 5.91 Å². The third kappa shape index (κ3) is 4.75. The van der Waals surface area contributed by atoms with Crippen LogP contribution in [0.3, 0.4) is 0 Å². The van der Waals surface area contributed by atoms with E-state index < -0.39 is 0 Å². The second kappa shape index (κ2) is 9.26. The first-order chi connectivity index (χ1) is 13.5. The maximum absolute atomic E-state index is 12.5. The second-order valence-electron chi connectivity index (χ2n) is 6.52. The van der Waals surface area contributed by atoms with Gasteiger partial charge in [0.25, 0.3) is 0 Å². The number of nitrogens with one attached hydrogen (secondary N) is 1. The van der Waals surface area contributed by atoms with Crippen LogP contribution in [-0.2, 0) is 4.79 Å². The van der Waals surface area contributed by atoms with Crippen LogP contribution in [-0.4, -0.2) is 26.4 Å². The molecule has 0 saturated heterocycles. The molecule has 0 fully saturated rings. The number of thioether (sulfide) groups is 1. The molecule has 1 N–H and O–H groups in total. The van der Waals surface area contributed by atoms with Crippen molar-refractivity contribution < 1.29 is 4.79 Å². The SMILES string of the molecule is CCC(NC(=O)CSc1nnc(C)n1-c1ccccc1C)c1ccc(Cl)cc1. The van der Waals surface area contributed by atoms with Gasteiger partial charge >= 0.3 is 0 Å². The number of rotatable bonds is 7. The molecular weight excluding hydrogens is 392 g/mol. The van der Waals surface area contributed by atoms with E-state index in [4.69, 9.17) is 11.6 Å². The van der Waals surface area contributed by atoms with E-state index >= 15 is 0 Å². The lowest BCUT2D eigenvalue weighted by molar-refractivity contribution is -0.119. The van der Waals surface area contributed by atoms with Crippen LogP contribution in [0.4, 0.5) is 0 Å². The van der Waals surface area contributed by atoms with Crippen molar-refractivity contribution in [3.63, 3.8) is 0 Å². The van der Waals surface area contributed by atoms with Gasteiger partial charge in [-0.1, -0.05) is 60.6 Å². The third-order valence-electron chi connectivity index (χ3n) is 4.50. The Morgan fingerprint density at radius 3 is 2.54 bits per heavy atom. The summed E-state index contributed by atoms with van der Waals surface area (Å²) in [5.74, 6) is 1.03. The van der Waals surface area contributed by atoms with Crippen molar-refractivity contribution in [2.45, 2.75) is 38.4 Å². The van der Waals surface area contributed by atoms with Crippen LogP contribution in [0, 0.1) is 13.8 Å². The first-order valence-corrected chi connectivity index (χ1v) is 10.5. The molecule has 0 spiro atoms. The molecule has 3 aromatic rings. The molecule has 0 radical (unpaired) electrons. The lowest BCUT2D eigenvalue weighted by Crippen LogP contribution is -2.29. The van der Waals surface area contributed by atoms with Crippen LogP contribution in [0.5, 0.6) is 0 Å². The number of carbonyl (C=O) groups excluding carboxylic acids is 1. The molecule has 0 aliphatic rings. The molecule has 7 heteroatoms. The molecule has 1 atom stereocenters. The Balaban J connectivity index is 1.68. The topological polar surface area (TPSA) is 59.8 Å². The molecule has 0 bridgehead atoms. The molecule has 5 nitrogen and oxygen atoms in total. The number of nitrogens with zero attached hydrogens (tertiary/aromatic N) is 3. The van der Waals surface area contributed by atoms with Gasteiger partial charge in [-0.05, 0) is 49.6 Å². The Morgan fingerprint density at radius 1 is 1.14 bits per heavy atom. The van der Waals surface area contributed by atoms with E-state index in [1.807, 2.05) is 73.9 Å². The minimum atomic E-state index is -0.0404. The molecule has 146 valence electrons. The van der Waals surface area contributed by atoms with Gasteiger partial charge in [0.05, 0.1) is 17.5 Å². The van der Waals surface area contributed by atoms with E-state index in [0.717, 1.165) is 29.1 Å². The highest BCUT2D eigenvalue weighted by Crippen LogP contribution is 2.24. The fourth-order valence-corrected chi connectivity index (χ4v) is 3.94. The average molecular weight is 415 g/mol. The highest BCUT2D eigenvalue weighted by Gasteiger charge is 2.17. The first-order valence-electron chi connectivity index (χ1n) is 9.15. The van der Waals surface area contributed by atoms with Gasteiger partial charge in [-0.3, -0.25) is 9.36 Å². The minimum Gasteiger partial charge on any atom is -0.349 e. The van der Waals surface area contributed by atoms with E-state index in [-0.39, 0.29) is 17.7 Å². The minimum absolute atomic E-state index is 0.0382. The van der Waals surface area contributed by atoms with Crippen LogP contribution in [0.25, 0.3) is 5.69 Å². The predicted octanol–water partition coefficient (Wildman–Crippen LogP) is 4.90. The van der Waals surface area contributed by atoms with Crippen molar-refractivity contribution in [2.75, 3.05) is 5.75 Å². The fourth-order valence-electron chi connectivity index (χ4n) is 3.01. The van der Waals surface area contributed by atoms with Crippen LogP contribution in [0.1, 0.15) is 36.3 Å². The predicted molar refractivity (Wildman–Crippen MR) is 114 cm³/mol. The van der Waals surface area contributed by atoms with Crippen molar-refractivity contribution in [1.29, 1.82) is 0 Å². The number of amides is 1. The summed E-state index contributed by atoms with van der Waals surface area (Å²) in [4.78, 5) is 12.5. The Labute approximate surface area is 174 Å². The number of halogens is 1. The molecule has 0 aliphatic heterocycles. The van der Waals surface area contributed by atoms with Gasteiger partial charge in [-0.25, -0.2) is 0 Å². The summed E-state index contributed by atoms with van der Waals surface area (Å²) in [6.07, 6.45) is 0.802. The second-order valence-corrected chi connectivity index (χ2v) is 7.90. The molecule has 1 heterocycles. The summed E-state index contributed by atoms with van der Waals surface area (Å²) in [5.41, 5.74) is 3.20. The van der Waals surface area contributed by atoms with Crippen molar-refractivity contribution in [3.8, 4) is 5.69 Å². The fraction of sp³-hybridized carbons (Fsp3) is 0.286. The zero-order valence-electron chi connectivity index (χ0n) is 16.1. The number of benzene rings is 2. The number of aryl methyl sites for hydroxylation is 2. The summed E-state index contributed by atoms with van der Waals surface area (Å²) in [6.45, 7) is 6.01. The van der Waals surface area contributed by atoms with Crippen LogP contribution in [0.15, 0.2) is 53.7 Å². The zero-order chi connectivity index (χ0) is 20.1. The standard InChI is InChI=1S/C21H23ClN4OS/c1-4-18(16-9-11-17(22)12-10-16)23-20(27)13-28-21-25-24-15(3)26(21)19-8-6-5-7-14(19)2/h5-12,18H,4,13H2,1-3H3,(H,23,27). The number of hydrogen-bond acceptors (Lipinski definition) is 4. The molecule has 3 rings (SSSR count). The quantitative estimate of drug-likeness (QED) is 0.559. The van der Waals surface area contributed by atoms with Gasteiger partial charge in [-0.15, -0.1) is 10.2 Å². The third-order valence-corrected chi connectivity index (χ3v) is 5.68. The number of hydrogen-bond donors (Lipinski definition) is 1. The summed E-state index contributed by atoms with van der Waals surface area (Å²) in [5, 5.41) is 12.9. The summed E-state index contributed by atoms with van der Waals surface area (Å²) < 4.78 is 1.99. The maximum atomic E-state index is 12.5. The van der Waals surface area contributed by atoms with Gasteiger partial charge < -0.3 is 5.32 Å². The average Bonchev–Trinajstić information content (AvgIpc) is 3.06. The molecule has 0 saturated carbocycles. The number of aromatic nitrogens is 3. The van der Waals surface area contributed by atoms with E-state index in [1.54, 1.807) is 0 Å². The van der Waals surface area contributed by atoms with E-state index in [9.17, 15) is 4.79 Å². The Hall–Kier alpha value is -2.31. The Kier molecular flexibility index (Phi) is 6.75. The van der Waals surface area contributed by atoms with Crippen LogP contribution >= 0.6 is 23.4 Å². The lowest BCUT2D eigenvalue weighted by atomic mass is 10.0. The molecule has 28 heavy (non-hydrogen) atoms. The van der Waals surface area contributed by atoms with Crippen molar-refractivity contribution >= 4 is 29.3 Å². The van der Waals surface area contributed by atoms with Gasteiger partial charge in [-0.2, -0.15) is 0 Å². The van der Waals surface area contributed by atoms with Gasteiger partial charge in [0, 0.05) is 5.02 Å². The van der Waals surface area contributed by atoms with Crippen LogP contribution < -0.4 is 5.32 Å². The van der Waals surface area contributed by atoms with E-state index in [2.05, 4.69) is 15.5 Å². The largest absolute Gasteiger partial charge is 0.349 e.